The van der Waals surface area contributed by atoms with Crippen molar-refractivity contribution in [3.63, 3.8) is 0 Å². The van der Waals surface area contributed by atoms with Crippen LogP contribution < -0.4 is 0 Å². The maximum Gasteiger partial charge on any atom is 0.151 e. The maximum absolute atomic E-state index is 10.6. The highest BCUT2D eigenvalue weighted by atomic mass is 79.9. The zero-order valence-electron chi connectivity index (χ0n) is 7.16. The van der Waals surface area contributed by atoms with Crippen LogP contribution in [0.15, 0.2) is 22.7 Å². The molecule has 1 aromatic rings. The number of benzene rings is 1. The number of hydrogen-bond acceptors (Lipinski definition) is 2. The van der Waals surface area contributed by atoms with Gasteiger partial charge < -0.3 is 4.79 Å². The fraction of sp³-hybridized carbons (Fsp3) is 0.200. The molecule has 0 radical (unpaired) electrons. The van der Waals surface area contributed by atoms with Gasteiger partial charge in [0.15, 0.2) is 6.29 Å². The Morgan fingerprint density at radius 1 is 1.38 bits per heavy atom. The molecule has 0 aliphatic rings. The number of hydrogen-bond donors (Lipinski definition) is 0. The molecule has 1 rings (SSSR count). The summed E-state index contributed by atoms with van der Waals surface area (Å²) in [5, 5.41) is 0. The van der Waals surface area contributed by atoms with Crippen molar-refractivity contribution in [1.82, 2.24) is 0 Å². The van der Waals surface area contributed by atoms with Crippen LogP contribution in [0.25, 0.3) is 0 Å². The third kappa shape index (κ3) is 2.04. The number of rotatable bonds is 3. The zero-order chi connectivity index (χ0) is 9.84. The molecule has 0 bridgehead atoms. The summed E-state index contributed by atoms with van der Waals surface area (Å²) < 4.78 is 0.713. The SMILES string of the molecule is CC(C=O)c1cccc(C=O)c1Br. The predicted molar refractivity (Wildman–Crippen MR) is 54.0 cm³/mol. The Bertz CT molecular complexity index is 334. The number of carbonyl (C=O) groups is 2. The van der Waals surface area contributed by atoms with E-state index in [9.17, 15) is 9.59 Å². The minimum atomic E-state index is -0.186. The highest BCUT2D eigenvalue weighted by Crippen LogP contribution is 2.26. The van der Waals surface area contributed by atoms with Gasteiger partial charge in [-0.05, 0) is 21.5 Å². The van der Waals surface area contributed by atoms with E-state index in [1.54, 1.807) is 19.1 Å². The van der Waals surface area contributed by atoms with Crippen LogP contribution in [-0.2, 0) is 4.79 Å². The second-order valence-corrected chi connectivity index (χ2v) is 3.59. The molecule has 0 amide bonds. The molecule has 1 unspecified atom stereocenters. The third-order valence-electron chi connectivity index (χ3n) is 1.88. The first-order valence-electron chi connectivity index (χ1n) is 3.89. The molecular formula is C10H9BrO2. The van der Waals surface area contributed by atoms with Gasteiger partial charge in [0.05, 0.1) is 0 Å². The summed E-state index contributed by atoms with van der Waals surface area (Å²) in [4.78, 5) is 21.1. The van der Waals surface area contributed by atoms with Gasteiger partial charge >= 0.3 is 0 Å². The summed E-state index contributed by atoms with van der Waals surface area (Å²) in [5.41, 5.74) is 1.42. The molecule has 1 aromatic carbocycles. The van der Waals surface area contributed by atoms with E-state index in [0.29, 0.717) is 10.0 Å². The molecule has 0 saturated carbocycles. The quantitative estimate of drug-likeness (QED) is 0.762. The largest absolute Gasteiger partial charge is 0.303 e. The van der Waals surface area contributed by atoms with Crippen LogP contribution in [0.1, 0.15) is 28.8 Å². The van der Waals surface area contributed by atoms with Crippen molar-refractivity contribution in [3.05, 3.63) is 33.8 Å². The average molecular weight is 241 g/mol. The molecule has 1 atom stereocenters. The van der Waals surface area contributed by atoms with Gasteiger partial charge in [-0.3, -0.25) is 4.79 Å². The van der Waals surface area contributed by atoms with E-state index in [4.69, 9.17) is 0 Å². The lowest BCUT2D eigenvalue weighted by Gasteiger charge is -2.07. The molecule has 0 spiro atoms. The van der Waals surface area contributed by atoms with Crippen molar-refractivity contribution in [2.75, 3.05) is 0 Å². The zero-order valence-corrected chi connectivity index (χ0v) is 8.74. The van der Waals surface area contributed by atoms with Gasteiger partial charge in [0.2, 0.25) is 0 Å². The molecule has 68 valence electrons. The van der Waals surface area contributed by atoms with Crippen LogP contribution in [0.5, 0.6) is 0 Å². The molecule has 0 aliphatic carbocycles. The van der Waals surface area contributed by atoms with Gasteiger partial charge in [-0.2, -0.15) is 0 Å². The Hall–Kier alpha value is -0.960. The number of aldehydes is 2. The standard InChI is InChI=1S/C10H9BrO2/c1-7(5-12)9-4-2-3-8(6-13)10(9)11/h2-7H,1H3. The van der Waals surface area contributed by atoms with Gasteiger partial charge in [-0.15, -0.1) is 0 Å². The van der Waals surface area contributed by atoms with E-state index in [-0.39, 0.29) is 5.92 Å². The fourth-order valence-corrected chi connectivity index (χ4v) is 1.80. The van der Waals surface area contributed by atoms with E-state index in [2.05, 4.69) is 15.9 Å². The summed E-state index contributed by atoms with van der Waals surface area (Å²) >= 11 is 3.29. The summed E-state index contributed by atoms with van der Waals surface area (Å²) in [6, 6.07) is 5.30. The first kappa shape index (κ1) is 10.1. The Labute approximate surface area is 85.1 Å². The number of carbonyl (C=O) groups excluding carboxylic acids is 2. The van der Waals surface area contributed by atoms with Crippen LogP contribution in [0.4, 0.5) is 0 Å². The third-order valence-corrected chi connectivity index (χ3v) is 2.80. The van der Waals surface area contributed by atoms with Gasteiger partial charge in [-0.1, -0.05) is 25.1 Å². The minimum absolute atomic E-state index is 0.186. The second-order valence-electron chi connectivity index (χ2n) is 2.79. The molecule has 0 aliphatic heterocycles. The van der Waals surface area contributed by atoms with Gasteiger partial charge in [-0.25, -0.2) is 0 Å². The summed E-state index contributed by atoms with van der Waals surface area (Å²) in [6.07, 6.45) is 1.62. The Morgan fingerprint density at radius 2 is 2.08 bits per heavy atom. The molecule has 0 fully saturated rings. The van der Waals surface area contributed by atoms with Crippen molar-refractivity contribution in [2.24, 2.45) is 0 Å². The molecule has 0 aromatic heterocycles. The van der Waals surface area contributed by atoms with Crippen LogP contribution in [0.2, 0.25) is 0 Å². The molecule has 13 heavy (non-hydrogen) atoms. The Balaban J connectivity index is 3.22. The summed E-state index contributed by atoms with van der Waals surface area (Å²) in [7, 11) is 0. The van der Waals surface area contributed by atoms with Gasteiger partial charge in [0.1, 0.15) is 6.29 Å². The first-order valence-corrected chi connectivity index (χ1v) is 4.69. The second kappa shape index (κ2) is 4.33. The molecule has 0 N–H and O–H groups in total. The van der Waals surface area contributed by atoms with Crippen LogP contribution in [0, 0.1) is 0 Å². The fourth-order valence-electron chi connectivity index (χ4n) is 1.08. The van der Waals surface area contributed by atoms with E-state index >= 15 is 0 Å². The highest BCUT2D eigenvalue weighted by Gasteiger charge is 2.10. The smallest absolute Gasteiger partial charge is 0.151 e. The highest BCUT2D eigenvalue weighted by molar-refractivity contribution is 9.10. The summed E-state index contributed by atoms with van der Waals surface area (Å²) in [6.45, 7) is 1.79. The van der Waals surface area contributed by atoms with Crippen molar-refractivity contribution in [1.29, 1.82) is 0 Å². The molecule has 0 heterocycles. The molecule has 3 heteroatoms. The Morgan fingerprint density at radius 3 is 2.62 bits per heavy atom. The number of halogens is 1. The van der Waals surface area contributed by atoms with Crippen molar-refractivity contribution in [3.8, 4) is 0 Å². The lowest BCUT2D eigenvalue weighted by atomic mass is 10.0. The predicted octanol–water partition coefficient (Wildman–Crippen LogP) is 2.56. The molecule has 0 saturated heterocycles. The maximum atomic E-state index is 10.6. The minimum Gasteiger partial charge on any atom is -0.303 e. The average Bonchev–Trinajstić information content (AvgIpc) is 2.17. The topological polar surface area (TPSA) is 34.1 Å². The first-order chi connectivity index (χ1) is 6.20. The summed E-state index contributed by atoms with van der Waals surface area (Å²) in [5.74, 6) is -0.186. The molecular weight excluding hydrogens is 232 g/mol. The van der Waals surface area contributed by atoms with Crippen molar-refractivity contribution in [2.45, 2.75) is 12.8 Å². The van der Waals surface area contributed by atoms with Crippen molar-refractivity contribution >= 4 is 28.5 Å². The lowest BCUT2D eigenvalue weighted by molar-refractivity contribution is -0.108. The lowest BCUT2D eigenvalue weighted by Crippen LogP contribution is -1.97. The van der Waals surface area contributed by atoms with E-state index in [1.807, 2.05) is 6.07 Å². The Kier molecular flexibility index (Phi) is 3.37. The van der Waals surface area contributed by atoms with Gasteiger partial charge in [0.25, 0.3) is 0 Å². The van der Waals surface area contributed by atoms with Crippen LogP contribution in [-0.4, -0.2) is 12.6 Å². The van der Waals surface area contributed by atoms with Gasteiger partial charge in [0, 0.05) is 16.0 Å². The van der Waals surface area contributed by atoms with Crippen molar-refractivity contribution < 1.29 is 9.59 Å². The van der Waals surface area contributed by atoms with E-state index in [0.717, 1.165) is 18.1 Å². The van der Waals surface area contributed by atoms with Crippen LogP contribution in [0.3, 0.4) is 0 Å². The monoisotopic (exact) mass is 240 g/mol. The normalized spacial score (nSPS) is 12.2. The van der Waals surface area contributed by atoms with E-state index < -0.39 is 0 Å². The van der Waals surface area contributed by atoms with Crippen LogP contribution >= 0.6 is 15.9 Å². The van der Waals surface area contributed by atoms with E-state index in [1.165, 1.54) is 0 Å². The molecule has 2 nitrogen and oxygen atoms in total.